The number of nitrogens with one attached hydrogen (secondary N) is 1. The highest BCUT2D eigenvalue weighted by Crippen LogP contribution is 2.26. The standard InChI is InChI=1S/C16H14Cl2N2S/c1-10(11-6-7-12(17)13(18)8-11)19-9-16-20-14-4-2-3-5-15(14)21-16/h2-8,10,19H,9H2,1H3. The van der Waals surface area contributed by atoms with E-state index in [9.17, 15) is 0 Å². The lowest BCUT2D eigenvalue weighted by Gasteiger charge is -2.13. The Labute approximate surface area is 137 Å². The number of hydrogen-bond donors (Lipinski definition) is 1. The molecule has 5 heteroatoms. The van der Waals surface area contributed by atoms with Crippen molar-refractivity contribution in [1.29, 1.82) is 0 Å². The van der Waals surface area contributed by atoms with E-state index in [1.54, 1.807) is 11.3 Å². The number of rotatable bonds is 4. The van der Waals surface area contributed by atoms with E-state index in [0.29, 0.717) is 10.0 Å². The van der Waals surface area contributed by atoms with E-state index in [-0.39, 0.29) is 6.04 Å². The largest absolute Gasteiger partial charge is 0.304 e. The Bertz CT molecular complexity index is 737. The number of fused-ring (bicyclic) bond motifs is 1. The SMILES string of the molecule is CC(NCc1nc2ccccc2s1)c1ccc(Cl)c(Cl)c1. The van der Waals surface area contributed by atoms with Gasteiger partial charge < -0.3 is 5.32 Å². The summed E-state index contributed by atoms with van der Waals surface area (Å²) in [5, 5.41) is 5.72. The van der Waals surface area contributed by atoms with E-state index < -0.39 is 0 Å². The van der Waals surface area contributed by atoms with Gasteiger partial charge in [-0.05, 0) is 36.8 Å². The smallest absolute Gasteiger partial charge is 0.108 e. The average molecular weight is 337 g/mol. The summed E-state index contributed by atoms with van der Waals surface area (Å²) in [5.41, 5.74) is 2.17. The van der Waals surface area contributed by atoms with Gasteiger partial charge in [0.25, 0.3) is 0 Å². The third-order valence-electron chi connectivity index (χ3n) is 3.34. The molecule has 2 aromatic carbocycles. The number of nitrogens with zero attached hydrogens (tertiary/aromatic N) is 1. The molecule has 0 saturated heterocycles. The van der Waals surface area contributed by atoms with Crippen molar-refractivity contribution in [2.24, 2.45) is 0 Å². The lowest BCUT2D eigenvalue weighted by molar-refractivity contribution is 0.574. The first-order valence-electron chi connectivity index (χ1n) is 6.66. The Morgan fingerprint density at radius 1 is 1.14 bits per heavy atom. The summed E-state index contributed by atoms with van der Waals surface area (Å²) in [7, 11) is 0. The Kier molecular flexibility index (Phi) is 4.45. The molecule has 0 aliphatic carbocycles. The van der Waals surface area contributed by atoms with Crippen LogP contribution in [0.5, 0.6) is 0 Å². The molecule has 1 N–H and O–H groups in total. The maximum Gasteiger partial charge on any atom is 0.108 e. The lowest BCUT2D eigenvalue weighted by Crippen LogP contribution is -2.17. The number of para-hydroxylation sites is 1. The van der Waals surface area contributed by atoms with Crippen molar-refractivity contribution in [1.82, 2.24) is 10.3 Å². The van der Waals surface area contributed by atoms with E-state index in [1.165, 1.54) is 4.70 Å². The lowest BCUT2D eigenvalue weighted by atomic mass is 10.1. The summed E-state index contributed by atoms with van der Waals surface area (Å²) in [6, 6.07) is 14.1. The highest BCUT2D eigenvalue weighted by Gasteiger charge is 2.09. The van der Waals surface area contributed by atoms with Gasteiger partial charge in [0.1, 0.15) is 5.01 Å². The summed E-state index contributed by atoms with van der Waals surface area (Å²) in [5.74, 6) is 0. The van der Waals surface area contributed by atoms with Crippen LogP contribution in [0.1, 0.15) is 23.5 Å². The molecule has 0 amide bonds. The van der Waals surface area contributed by atoms with Crippen molar-refractivity contribution < 1.29 is 0 Å². The Morgan fingerprint density at radius 3 is 2.71 bits per heavy atom. The number of halogens is 2. The minimum Gasteiger partial charge on any atom is -0.304 e. The van der Waals surface area contributed by atoms with Gasteiger partial charge in [-0.25, -0.2) is 4.98 Å². The molecule has 0 bridgehead atoms. The highest BCUT2D eigenvalue weighted by molar-refractivity contribution is 7.18. The molecule has 3 aromatic rings. The maximum absolute atomic E-state index is 6.06. The predicted octanol–water partition coefficient (Wildman–Crippen LogP) is 5.45. The molecule has 0 radical (unpaired) electrons. The fourth-order valence-corrected chi connectivity index (χ4v) is 3.36. The van der Waals surface area contributed by atoms with E-state index in [4.69, 9.17) is 23.2 Å². The fourth-order valence-electron chi connectivity index (χ4n) is 2.14. The molecule has 108 valence electrons. The van der Waals surface area contributed by atoms with Crippen LogP contribution in [0.3, 0.4) is 0 Å². The number of aromatic nitrogens is 1. The monoisotopic (exact) mass is 336 g/mol. The summed E-state index contributed by atoms with van der Waals surface area (Å²) in [4.78, 5) is 4.62. The zero-order chi connectivity index (χ0) is 14.8. The zero-order valence-electron chi connectivity index (χ0n) is 11.4. The van der Waals surface area contributed by atoms with Crippen molar-refractivity contribution in [3.05, 3.63) is 63.1 Å². The van der Waals surface area contributed by atoms with E-state index >= 15 is 0 Å². The van der Waals surface area contributed by atoms with E-state index in [1.807, 2.05) is 36.4 Å². The number of hydrogen-bond acceptors (Lipinski definition) is 3. The molecule has 0 aliphatic rings. The van der Waals surface area contributed by atoms with Crippen molar-refractivity contribution in [3.8, 4) is 0 Å². The third kappa shape index (κ3) is 3.38. The maximum atomic E-state index is 6.06. The van der Waals surface area contributed by atoms with Gasteiger partial charge in [0.2, 0.25) is 0 Å². The number of benzene rings is 2. The molecule has 0 aliphatic heterocycles. The van der Waals surface area contributed by atoms with Gasteiger partial charge in [-0.1, -0.05) is 41.4 Å². The molecule has 1 heterocycles. The second kappa shape index (κ2) is 6.32. The van der Waals surface area contributed by atoms with Gasteiger partial charge >= 0.3 is 0 Å². The van der Waals surface area contributed by atoms with Crippen LogP contribution in [0.25, 0.3) is 10.2 Å². The molecule has 1 unspecified atom stereocenters. The van der Waals surface area contributed by atoms with Crippen LogP contribution >= 0.6 is 34.5 Å². The van der Waals surface area contributed by atoms with Gasteiger partial charge in [0.05, 0.1) is 20.3 Å². The minimum absolute atomic E-state index is 0.187. The summed E-state index contributed by atoms with van der Waals surface area (Å²) in [6.07, 6.45) is 0. The van der Waals surface area contributed by atoms with E-state index in [2.05, 4.69) is 23.3 Å². The van der Waals surface area contributed by atoms with Crippen LogP contribution in [-0.2, 0) is 6.54 Å². The highest BCUT2D eigenvalue weighted by atomic mass is 35.5. The van der Waals surface area contributed by atoms with Gasteiger partial charge in [-0.2, -0.15) is 0 Å². The summed E-state index contributed by atoms with van der Waals surface area (Å²) < 4.78 is 1.22. The molecule has 21 heavy (non-hydrogen) atoms. The molecule has 2 nitrogen and oxygen atoms in total. The Hall–Kier alpha value is -1.13. The quantitative estimate of drug-likeness (QED) is 0.684. The van der Waals surface area contributed by atoms with Crippen LogP contribution in [0.4, 0.5) is 0 Å². The van der Waals surface area contributed by atoms with Gasteiger partial charge in [-0.15, -0.1) is 11.3 Å². The topological polar surface area (TPSA) is 24.9 Å². The second-order valence-corrected chi connectivity index (χ2v) is 6.78. The molecule has 1 atom stereocenters. The number of thiazole rings is 1. The van der Waals surface area contributed by atoms with Crippen LogP contribution in [0, 0.1) is 0 Å². The molecule has 0 spiro atoms. The molecule has 3 rings (SSSR count). The Balaban J connectivity index is 1.70. The average Bonchev–Trinajstić information content (AvgIpc) is 2.90. The zero-order valence-corrected chi connectivity index (χ0v) is 13.8. The normalized spacial score (nSPS) is 12.7. The van der Waals surface area contributed by atoms with Gasteiger partial charge in [0.15, 0.2) is 0 Å². The van der Waals surface area contributed by atoms with Crippen molar-refractivity contribution in [2.45, 2.75) is 19.5 Å². The van der Waals surface area contributed by atoms with Crippen LogP contribution in [0.2, 0.25) is 10.0 Å². The van der Waals surface area contributed by atoms with E-state index in [0.717, 1.165) is 22.6 Å². The molecule has 0 saturated carbocycles. The van der Waals surface area contributed by atoms with Crippen molar-refractivity contribution in [3.63, 3.8) is 0 Å². The minimum atomic E-state index is 0.187. The summed E-state index contributed by atoms with van der Waals surface area (Å²) >= 11 is 13.7. The second-order valence-electron chi connectivity index (χ2n) is 4.85. The van der Waals surface area contributed by atoms with Gasteiger partial charge in [-0.3, -0.25) is 0 Å². The first-order valence-corrected chi connectivity index (χ1v) is 8.23. The first-order chi connectivity index (χ1) is 10.1. The van der Waals surface area contributed by atoms with Crippen LogP contribution in [-0.4, -0.2) is 4.98 Å². The molecule has 1 aromatic heterocycles. The summed E-state index contributed by atoms with van der Waals surface area (Å²) in [6.45, 7) is 2.84. The molecular weight excluding hydrogens is 323 g/mol. The predicted molar refractivity (Wildman–Crippen MR) is 91.3 cm³/mol. The molecule has 0 fully saturated rings. The Morgan fingerprint density at radius 2 is 1.95 bits per heavy atom. The van der Waals surface area contributed by atoms with Crippen molar-refractivity contribution in [2.75, 3.05) is 0 Å². The third-order valence-corrected chi connectivity index (χ3v) is 5.12. The van der Waals surface area contributed by atoms with Crippen LogP contribution < -0.4 is 5.32 Å². The van der Waals surface area contributed by atoms with Gasteiger partial charge in [0, 0.05) is 12.6 Å². The van der Waals surface area contributed by atoms with Crippen LogP contribution in [0.15, 0.2) is 42.5 Å². The molecular formula is C16H14Cl2N2S. The first kappa shape index (κ1) is 14.8. The fraction of sp³-hybridized carbons (Fsp3) is 0.188. The van der Waals surface area contributed by atoms with Crippen molar-refractivity contribution >= 4 is 44.8 Å².